The Balaban J connectivity index is 1.82. The first-order valence-electron chi connectivity index (χ1n) is 7.99. The van der Waals surface area contributed by atoms with Crippen molar-refractivity contribution >= 4 is 17.2 Å². The SMILES string of the molecule is Cc1nc(-c2ncn[nH]2)sc1C(=O)N1CCC[C@H]1CC(C)(C)C. The van der Waals surface area contributed by atoms with E-state index >= 15 is 0 Å². The first-order chi connectivity index (χ1) is 10.8. The number of carbonyl (C=O) groups excluding carboxylic acids is 1. The molecule has 0 radical (unpaired) electrons. The van der Waals surface area contributed by atoms with Crippen molar-refractivity contribution in [1.29, 1.82) is 0 Å². The molecule has 6 nitrogen and oxygen atoms in total. The molecule has 7 heteroatoms. The smallest absolute Gasteiger partial charge is 0.266 e. The van der Waals surface area contributed by atoms with Gasteiger partial charge in [-0.15, -0.1) is 11.3 Å². The van der Waals surface area contributed by atoms with Crippen molar-refractivity contribution in [2.45, 2.75) is 53.0 Å². The van der Waals surface area contributed by atoms with E-state index in [0.717, 1.165) is 41.4 Å². The van der Waals surface area contributed by atoms with Gasteiger partial charge in [-0.3, -0.25) is 9.89 Å². The quantitative estimate of drug-likeness (QED) is 0.935. The topological polar surface area (TPSA) is 74.8 Å². The van der Waals surface area contributed by atoms with Gasteiger partial charge in [0.2, 0.25) is 0 Å². The van der Waals surface area contributed by atoms with Crippen LogP contribution in [0.4, 0.5) is 0 Å². The van der Waals surface area contributed by atoms with Crippen LogP contribution in [-0.2, 0) is 0 Å². The van der Waals surface area contributed by atoms with Gasteiger partial charge >= 0.3 is 0 Å². The molecular weight excluding hydrogens is 310 g/mol. The van der Waals surface area contributed by atoms with Crippen molar-refractivity contribution < 1.29 is 4.79 Å². The van der Waals surface area contributed by atoms with Gasteiger partial charge in [-0.05, 0) is 31.6 Å². The molecule has 2 aromatic heterocycles. The lowest BCUT2D eigenvalue weighted by Crippen LogP contribution is -2.37. The number of hydrogen-bond donors (Lipinski definition) is 1. The van der Waals surface area contributed by atoms with Crippen molar-refractivity contribution in [2.75, 3.05) is 6.54 Å². The molecule has 1 amide bonds. The van der Waals surface area contributed by atoms with Crippen LogP contribution >= 0.6 is 11.3 Å². The van der Waals surface area contributed by atoms with Crippen molar-refractivity contribution in [3.8, 4) is 10.8 Å². The van der Waals surface area contributed by atoms with Gasteiger partial charge in [-0.2, -0.15) is 5.10 Å². The van der Waals surface area contributed by atoms with Gasteiger partial charge in [0.25, 0.3) is 5.91 Å². The van der Waals surface area contributed by atoms with Gasteiger partial charge in [-0.25, -0.2) is 9.97 Å². The highest BCUT2D eigenvalue weighted by Crippen LogP contribution is 2.33. The third kappa shape index (κ3) is 3.44. The lowest BCUT2D eigenvalue weighted by Gasteiger charge is -2.30. The molecule has 0 unspecified atom stereocenters. The zero-order valence-electron chi connectivity index (χ0n) is 14.1. The minimum absolute atomic E-state index is 0.109. The molecule has 1 N–H and O–H groups in total. The Bertz CT molecular complexity index is 686. The van der Waals surface area contributed by atoms with Crippen LogP contribution in [0.2, 0.25) is 0 Å². The molecule has 1 aliphatic heterocycles. The highest BCUT2D eigenvalue weighted by molar-refractivity contribution is 7.17. The summed E-state index contributed by atoms with van der Waals surface area (Å²) in [5.74, 6) is 0.724. The minimum atomic E-state index is 0.109. The Morgan fingerprint density at radius 1 is 1.48 bits per heavy atom. The van der Waals surface area contributed by atoms with Gasteiger partial charge in [-0.1, -0.05) is 20.8 Å². The molecule has 1 atom stereocenters. The van der Waals surface area contributed by atoms with Gasteiger partial charge in [0.05, 0.1) is 5.69 Å². The van der Waals surface area contributed by atoms with Crippen molar-refractivity contribution in [2.24, 2.45) is 5.41 Å². The van der Waals surface area contributed by atoms with E-state index in [4.69, 9.17) is 0 Å². The van der Waals surface area contributed by atoms with E-state index in [9.17, 15) is 4.79 Å². The summed E-state index contributed by atoms with van der Waals surface area (Å²) in [5, 5.41) is 7.37. The molecule has 2 aromatic rings. The summed E-state index contributed by atoms with van der Waals surface area (Å²) in [4.78, 5) is 24.4. The molecule has 0 aliphatic carbocycles. The van der Waals surface area contributed by atoms with Gasteiger partial charge in [0.15, 0.2) is 10.8 Å². The fraction of sp³-hybridized carbons (Fsp3) is 0.625. The largest absolute Gasteiger partial charge is 0.335 e. The summed E-state index contributed by atoms with van der Waals surface area (Å²) >= 11 is 1.40. The Hall–Kier alpha value is -1.76. The van der Waals surface area contributed by atoms with Crippen LogP contribution < -0.4 is 0 Å². The molecule has 1 fully saturated rings. The molecular formula is C16H23N5OS. The number of nitrogens with zero attached hydrogens (tertiary/aromatic N) is 4. The number of thiazole rings is 1. The number of likely N-dealkylation sites (tertiary alicyclic amines) is 1. The predicted octanol–water partition coefficient (Wildman–Crippen LogP) is 3.28. The fourth-order valence-electron chi connectivity index (χ4n) is 3.16. The number of H-pyrrole nitrogens is 1. The maximum atomic E-state index is 13.0. The molecule has 124 valence electrons. The van der Waals surface area contributed by atoms with Crippen LogP contribution in [0.15, 0.2) is 6.33 Å². The normalized spacial score (nSPS) is 18.6. The zero-order chi connectivity index (χ0) is 16.6. The van der Waals surface area contributed by atoms with Crippen LogP contribution in [0.1, 0.15) is 55.4 Å². The van der Waals surface area contributed by atoms with Crippen LogP contribution in [0.3, 0.4) is 0 Å². The number of aromatic amines is 1. The Kier molecular flexibility index (Phi) is 4.23. The Morgan fingerprint density at radius 3 is 2.91 bits per heavy atom. The van der Waals surface area contributed by atoms with Crippen LogP contribution in [0.5, 0.6) is 0 Å². The highest BCUT2D eigenvalue weighted by atomic mass is 32.1. The van der Waals surface area contributed by atoms with Gasteiger partial charge < -0.3 is 4.90 Å². The number of carbonyl (C=O) groups is 1. The van der Waals surface area contributed by atoms with Crippen molar-refractivity contribution in [1.82, 2.24) is 25.1 Å². The van der Waals surface area contributed by atoms with E-state index in [1.165, 1.54) is 17.7 Å². The standard InChI is InChI=1S/C16H23N5OS/c1-10-12(23-14(19-10)13-17-9-18-20-13)15(22)21-7-5-6-11(21)8-16(2,3)4/h9,11H,5-8H2,1-4H3,(H,17,18,20)/t11-/m0/s1. The number of aromatic nitrogens is 4. The second-order valence-corrected chi connectivity index (χ2v) is 8.33. The predicted molar refractivity (Wildman–Crippen MR) is 90.4 cm³/mol. The number of nitrogens with one attached hydrogen (secondary N) is 1. The van der Waals surface area contributed by atoms with Crippen LogP contribution in [-0.4, -0.2) is 43.6 Å². The fourth-order valence-corrected chi connectivity index (χ4v) is 4.13. The second-order valence-electron chi connectivity index (χ2n) is 7.33. The Labute approximate surface area is 140 Å². The summed E-state index contributed by atoms with van der Waals surface area (Å²) in [6.07, 6.45) is 4.66. The Morgan fingerprint density at radius 2 is 2.26 bits per heavy atom. The van der Waals surface area contributed by atoms with Gasteiger partial charge in [0.1, 0.15) is 11.2 Å². The lowest BCUT2D eigenvalue weighted by molar-refractivity contribution is 0.0708. The minimum Gasteiger partial charge on any atom is -0.335 e. The van der Waals surface area contributed by atoms with E-state index in [2.05, 4.69) is 40.9 Å². The molecule has 1 saturated heterocycles. The molecule has 0 bridgehead atoms. The van der Waals surface area contributed by atoms with E-state index in [1.807, 2.05) is 11.8 Å². The summed E-state index contributed by atoms with van der Waals surface area (Å²) < 4.78 is 0. The van der Waals surface area contributed by atoms with Crippen LogP contribution in [0, 0.1) is 12.3 Å². The first-order valence-corrected chi connectivity index (χ1v) is 8.81. The maximum Gasteiger partial charge on any atom is 0.266 e. The van der Waals surface area contributed by atoms with E-state index in [1.54, 1.807) is 0 Å². The van der Waals surface area contributed by atoms with Crippen molar-refractivity contribution in [3.05, 3.63) is 16.9 Å². The molecule has 1 aliphatic rings. The molecule has 0 saturated carbocycles. The molecule has 0 spiro atoms. The molecule has 3 heterocycles. The average Bonchev–Trinajstić information content (AvgIpc) is 3.15. The third-order valence-corrected chi connectivity index (χ3v) is 5.25. The number of aryl methyl sites for hydroxylation is 1. The van der Waals surface area contributed by atoms with E-state index in [-0.39, 0.29) is 11.3 Å². The molecule has 0 aromatic carbocycles. The average molecular weight is 333 g/mol. The summed E-state index contributed by atoms with van der Waals surface area (Å²) in [5.41, 5.74) is 0.995. The second kappa shape index (κ2) is 6.03. The number of rotatable bonds is 3. The molecule has 3 rings (SSSR count). The van der Waals surface area contributed by atoms with Crippen LogP contribution in [0.25, 0.3) is 10.8 Å². The number of hydrogen-bond acceptors (Lipinski definition) is 5. The third-order valence-electron chi connectivity index (χ3n) is 4.09. The number of amides is 1. The summed E-state index contributed by atoms with van der Waals surface area (Å²) in [7, 11) is 0. The van der Waals surface area contributed by atoms with E-state index in [0.29, 0.717) is 11.9 Å². The highest BCUT2D eigenvalue weighted by Gasteiger charge is 2.34. The lowest BCUT2D eigenvalue weighted by atomic mass is 9.87. The molecule has 23 heavy (non-hydrogen) atoms. The summed E-state index contributed by atoms with van der Waals surface area (Å²) in [6, 6.07) is 0.331. The zero-order valence-corrected chi connectivity index (χ0v) is 14.9. The van der Waals surface area contributed by atoms with Gasteiger partial charge in [0, 0.05) is 12.6 Å². The summed E-state index contributed by atoms with van der Waals surface area (Å²) in [6.45, 7) is 9.42. The monoisotopic (exact) mass is 333 g/mol. The van der Waals surface area contributed by atoms with Crippen molar-refractivity contribution in [3.63, 3.8) is 0 Å². The maximum absolute atomic E-state index is 13.0. The van der Waals surface area contributed by atoms with E-state index < -0.39 is 0 Å². The first kappa shape index (κ1) is 16.1.